The SMILES string of the molecule is O=C(Nc1ccc(OC(F)(F)Cl)cc1)c1ccc(=O)n(-c2cnc3c(c2)OCCO3)c1. The van der Waals surface area contributed by atoms with Crippen molar-refractivity contribution < 1.29 is 27.8 Å². The summed E-state index contributed by atoms with van der Waals surface area (Å²) in [5, 5.41) is 2.61. The first-order chi connectivity index (χ1) is 14.8. The summed E-state index contributed by atoms with van der Waals surface area (Å²) in [6, 6.07) is 9.40. The van der Waals surface area contributed by atoms with Gasteiger partial charge in [0.1, 0.15) is 19.0 Å². The van der Waals surface area contributed by atoms with Gasteiger partial charge in [-0.1, -0.05) is 0 Å². The highest BCUT2D eigenvalue weighted by atomic mass is 35.5. The molecule has 11 heteroatoms. The van der Waals surface area contributed by atoms with Gasteiger partial charge in [-0.25, -0.2) is 4.98 Å². The van der Waals surface area contributed by atoms with Crippen LogP contribution in [0.25, 0.3) is 5.69 Å². The number of carbonyl (C=O) groups is 1. The first-order valence-corrected chi connectivity index (χ1v) is 9.32. The summed E-state index contributed by atoms with van der Waals surface area (Å²) in [5.74, 6) is 0.0416. The predicted molar refractivity (Wildman–Crippen MR) is 107 cm³/mol. The summed E-state index contributed by atoms with van der Waals surface area (Å²) in [6.07, 6.45) is 2.79. The number of halogens is 3. The zero-order valence-corrected chi connectivity index (χ0v) is 16.4. The molecule has 1 amide bonds. The van der Waals surface area contributed by atoms with Gasteiger partial charge in [-0.05, 0) is 30.3 Å². The second-order valence-corrected chi connectivity index (χ2v) is 6.79. The molecule has 1 N–H and O–H groups in total. The van der Waals surface area contributed by atoms with Crippen LogP contribution in [-0.4, -0.2) is 34.2 Å². The molecule has 0 bridgehead atoms. The fraction of sp³-hybridized carbons (Fsp3) is 0.150. The van der Waals surface area contributed by atoms with Crippen LogP contribution in [0.3, 0.4) is 0 Å². The molecule has 31 heavy (non-hydrogen) atoms. The molecule has 8 nitrogen and oxygen atoms in total. The number of hydrogen-bond donors (Lipinski definition) is 1. The number of aromatic nitrogens is 2. The molecule has 0 fully saturated rings. The number of pyridine rings is 2. The zero-order chi connectivity index (χ0) is 22.0. The Morgan fingerprint density at radius 3 is 2.65 bits per heavy atom. The van der Waals surface area contributed by atoms with Crippen LogP contribution in [0.5, 0.6) is 17.4 Å². The van der Waals surface area contributed by atoms with Crippen molar-refractivity contribution in [1.29, 1.82) is 0 Å². The highest BCUT2D eigenvalue weighted by molar-refractivity contribution is 6.20. The van der Waals surface area contributed by atoms with Gasteiger partial charge in [-0.2, -0.15) is 0 Å². The quantitative estimate of drug-likeness (QED) is 0.600. The van der Waals surface area contributed by atoms with Crippen LogP contribution in [0.15, 0.2) is 59.7 Å². The van der Waals surface area contributed by atoms with Crippen molar-refractivity contribution in [2.24, 2.45) is 0 Å². The van der Waals surface area contributed by atoms with Crippen LogP contribution < -0.4 is 25.1 Å². The van der Waals surface area contributed by atoms with E-state index in [1.54, 1.807) is 6.07 Å². The van der Waals surface area contributed by atoms with Crippen molar-refractivity contribution in [2.45, 2.75) is 5.57 Å². The van der Waals surface area contributed by atoms with Gasteiger partial charge in [0.25, 0.3) is 17.3 Å². The summed E-state index contributed by atoms with van der Waals surface area (Å²) in [4.78, 5) is 29.0. The number of amides is 1. The van der Waals surface area contributed by atoms with E-state index in [9.17, 15) is 18.4 Å². The van der Waals surface area contributed by atoms with E-state index in [0.717, 1.165) is 0 Å². The van der Waals surface area contributed by atoms with Crippen molar-refractivity contribution in [2.75, 3.05) is 18.5 Å². The van der Waals surface area contributed by atoms with Crippen LogP contribution in [0, 0.1) is 0 Å². The minimum Gasteiger partial charge on any atom is -0.484 e. The van der Waals surface area contributed by atoms with Crippen LogP contribution in [-0.2, 0) is 0 Å². The number of anilines is 1. The maximum absolute atomic E-state index is 12.7. The third kappa shape index (κ3) is 4.92. The van der Waals surface area contributed by atoms with Gasteiger partial charge in [-0.15, -0.1) is 8.78 Å². The third-order valence-corrected chi connectivity index (χ3v) is 4.26. The van der Waals surface area contributed by atoms with Crippen molar-refractivity contribution in [1.82, 2.24) is 9.55 Å². The van der Waals surface area contributed by atoms with Crippen LogP contribution in [0.4, 0.5) is 14.5 Å². The number of nitrogens with zero attached hydrogens (tertiary/aromatic N) is 2. The normalized spacial score (nSPS) is 12.9. The predicted octanol–water partition coefficient (Wildman–Crippen LogP) is 3.42. The highest BCUT2D eigenvalue weighted by Gasteiger charge is 2.27. The molecule has 0 spiro atoms. The number of alkyl halides is 3. The Hall–Kier alpha value is -3.66. The van der Waals surface area contributed by atoms with E-state index in [2.05, 4.69) is 15.0 Å². The number of hydrogen-bond acceptors (Lipinski definition) is 6. The highest BCUT2D eigenvalue weighted by Crippen LogP contribution is 2.29. The molecule has 2 aromatic heterocycles. The Morgan fingerprint density at radius 1 is 1.16 bits per heavy atom. The topological polar surface area (TPSA) is 91.7 Å². The third-order valence-electron chi connectivity index (χ3n) is 4.18. The average Bonchev–Trinajstić information content (AvgIpc) is 2.74. The van der Waals surface area contributed by atoms with Crippen molar-refractivity contribution in [3.8, 4) is 23.1 Å². The molecule has 4 rings (SSSR count). The first-order valence-electron chi connectivity index (χ1n) is 8.94. The lowest BCUT2D eigenvalue weighted by Crippen LogP contribution is -2.22. The second kappa shape index (κ2) is 8.23. The van der Waals surface area contributed by atoms with Gasteiger partial charge < -0.3 is 19.5 Å². The molecular formula is C20H14ClF2N3O5. The van der Waals surface area contributed by atoms with E-state index < -0.39 is 11.5 Å². The van der Waals surface area contributed by atoms with Gasteiger partial charge in [-0.3, -0.25) is 14.2 Å². The first kappa shape index (κ1) is 20.6. The monoisotopic (exact) mass is 449 g/mol. The number of rotatable bonds is 5. The smallest absolute Gasteiger partial charge is 0.484 e. The molecule has 1 aliphatic rings. The van der Waals surface area contributed by atoms with E-state index in [1.165, 1.54) is 53.4 Å². The zero-order valence-electron chi connectivity index (χ0n) is 15.7. The molecule has 0 aliphatic carbocycles. The van der Waals surface area contributed by atoms with Crippen molar-refractivity contribution >= 4 is 23.2 Å². The fourth-order valence-electron chi connectivity index (χ4n) is 2.82. The Balaban J connectivity index is 1.54. The Labute approximate surface area is 178 Å². The Kier molecular flexibility index (Phi) is 5.47. The molecule has 3 aromatic rings. The summed E-state index contributed by atoms with van der Waals surface area (Å²) < 4.78 is 41.6. The number of ether oxygens (including phenoxy) is 3. The molecule has 0 atom stereocenters. The number of benzene rings is 1. The van der Waals surface area contributed by atoms with Gasteiger partial charge in [0.2, 0.25) is 0 Å². The number of nitrogens with one attached hydrogen (secondary N) is 1. The molecule has 0 saturated carbocycles. The molecule has 1 aliphatic heterocycles. The van der Waals surface area contributed by atoms with Crippen LogP contribution in [0.1, 0.15) is 10.4 Å². The summed E-state index contributed by atoms with van der Waals surface area (Å²) in [6.45, 7) is 0.748. The summed E-state index contributed by atoms with van der Waals surface area (Å²) in [5.41, 5.74) is -3.30. The molecule has 0 unspecified atom stereocenters. The molecule has 3 heterocycles. The van der Waals surface area contributed by atoms with E-state index in [4.69, 9.17) is 21.1 Å². The average molecular weight is 450 g/mol. The van der Waals surface area contributed by atoms with E-state index in [0.29, 0.717) is 36.2 Å². The lowest BCUT2D eigenvalue weighted by atomic mass is 10.2. The van der Waals surface area contributed by atoms with Crippen molar-refractivity contribution in [3.05, 3.63) is 70.8 Å². The fourth-order valence-corrected chi connectivity index (χ4v) is 2.91. The Bertz CT molecular complexity index is 1180. The summed E-state index contributed by atoms with van der Waals surface area (Å²) >= 11 is 4.72. The lowest BCUT2D eigenvalue weighted by Gasteiger charge is -2.18. The maximum atomic E-state index is 12.7. The molecular weight excluding hydrogens is 436 g/mol. The van der Waals surface area contributed by atoms with Crippen molar-refractivity contribution in [3.63, 3.8) is 0 Å². The standard InChI is InChI=1S/C20H14ClF2N3O5/c21-20(22,23)31-15-4-2-13(3-5-15)25-18(28)12-1-6-17(27)26(11-12)14-9-16-19(24-10-14)30-8-7-29-16/h1-6,9-11H,7-8H2,(H,25,28). The minimum atomic E-state index is -3.83. The lowest BCUT2D eigenvalue weighted by molar-refractivity contribution is -0.0964. The van der Waals surface area contributed by atoms with Crippen LogP contribution >= 0.6 is 11.6 Å². The largest absolute Gasteiger partial charge is 0.487 e. The van der Waals surface area contributed by atoms with Crippen LogP contribution in [0.2, 0.25) is 0 Å². The maximum Gasteiger partial charge on any atom is 0.487 e. The van der Waals surface area contributed by atoms with Gasteiger partial charge >= 0.3 is 5.57 Å². The minimum absolute atomic E-state index is 0.169. The van der Waals surface area contributed by atoms with E-state index in [1.807, 2.05) is 0 Å². The molecule has 0 radical (unpaired) electrons. The van der Waals surface area contributed by atoms with E-state index in [-0.39, 0.29) is 16.9 Å². The molecule has 1 aromatic carbocycles. The summed E-state index contributed by atoms with van der Waals surface area (Å²) in [7, 11) is 0. The Morgan fingerprint density at radius 2 is 1.90 bits per heavy atom. The molecule has 160 valence electrons. The number of fused-ring (bicyclic) bond motifs is 1. The van der Waals surface area contributed by atoms with Gasteiger partial charge in [0, 0.05) is 35.6 Å². The van der Waals surface area contributed by atoms with Gasteiger partial charge in [0.05, 0.1) is 17.4 Å². The second-order valence-electron chi connectivity index (χ2n) is 6.35. The number of carbonyl (C=O) groups excluding carboxylic acids is 1. The van der Waals surface area contributed by atoms with Gasteiger partial charge in [0.15, 0.2) is 5.75 Å². The molecule has 0 saturated heterocycles. The van der Waals surface area contributed by atoms with E-state index >= 15 is 0 Å².